The van der Waals surface area contributed by atoms with Crippen molar-refractivity contribution in [3.8, 4) is 11.3 Å². The van der Waals surface area contributed by atoms with Gasteiger partial charge >= 0.3 is 0 Å². The Balaban J connectivity index is 1.18. The predicted molar refractivity (Wildman–Crippen MR) is 116 cm³/mol. The first-order valence-corrected chi connectivity index (χ1v) is 10.8. The van der Waals surface area contributed by atoms with Crippen LogP contribution in [0, 0.1) is 0 Å². The third-order valence-electron chi connectivity index (χ3n) is 5.88. The standard InChI is InChI=1S/C22H25N7O2/c30-22(18-15-19(31-26-18)17-5-4-8-23-16-17)29-13-11-28(12-14-29)21-7-6-20(24-25-21)27-9-2-1-3-10-27/h4-8,15-16H,1-3,9-14H2. The lowest BCUT2D eigenvalue weighted by atomic mass is 10.1. The highest BCUT2D eigenvalue weighted by atomic mass is 16.5. The van der Waals surface area contributed by atoms with Crippen LogP contribution < -0.4 is 9.80 Å². The molecular formula is C22H25N7O2. The first-order valence-electron chi connectivity index (χ1n) is 10.8. The van der Waals surface area contributed by atoms with Crippen molar-refractivity contribution in [1.82, 2.24) is 25.2 Å². The molecule has 5 rings (SSSR count). The van der Waals surface area contributed by atoms with Crippen LogP contribution >= 0.6 is 0 Å². The molecule has 5 heterocycles. The van der Waals surface area contributed by atoms with Crippen molar-refractivity contribution in [1.29, 1.82) is 0 Å². The zero-order valence-electron chi connectivity index (χ0n) is 17.4. The summed E-state index contributed by atoms with van der Waals surface area (Å²) < 4.78 is 5.34. The van der Waals surface area contributed by atoms with Gasteiger partial charge in [-0.05, 0) is 43.5 Å². The molecule has 3 aromatic heterocycles. The second-order valence-electron chi connectivity index (χ2n) is 7.89. The first-order chi connectivity index (χ1) is 15.3. The van der Waals surface area contributed by atoms with Crippen LogP contribution in [-0.4, -0.2) is 70.4 Å². The van der Waals surface area contributed by atoms with Crippen LogP contribution in [0.1, 0.15) is 29.8 Å². The van der Waals surface area contributed by atoms with Gasteiger partial charge in [0.05, 0.1) is 0 Å². The molecule has 2 fully saturated rings. The molecule has 0 unspecified atom stereocenters. The number of pyridine rings is 1. The molecule has 3 aromatic rings. The van der Waals surface area contributed by atoms with Crippen molar-refractivity contribution in [2.75, 3.05) is 49.1 Å². The van der Waals surface area contributed by atoms with Gasteiger partial charge in [0.2, 0.25) is 0 Å². The van der Waals surface area contributed by atoms with Gasteiger partial charge in [-0.2, -0.15) is 0 Å². The van der Waals surface area contributed by atoms with Crippen LogP contribution in [0.4, 0.5) is 11.6 Å². The van der Waals surface area contributed by atoms with Gasteiger partial charge in [0.25, 0.3) is 5.91 Å². The van der Waals surface area contributed by atoms with Crippen LogP contribution in [0.2, 0.25) is 0 Å². The molecule has 1 amide bonds. The fourth-order valence-electron chi connectivity index (χ4n) is 4.10. The molecule has 0 radical (unpaired) electrons. The van der Waals surface area contributed by atoms with Crippen molar-refractivity contribution in [2.45, 2.75) is 19.3 Å². The van der Waals surface area contributed by atoms with E-state index in [-0.39, 0.29) is 5.91 Å². The number of rotatable bonds is 4. The average molecular weight is 419 g/mol. The van der Waals surface area contributed by atoms with Gasteiger partial charge in [-0.25, -0.2) is 0 Å². The summed E-state index contributed by atoms with van der Waals surface area (Å²) in [5.41, 5.74) is 1.11. The summed E-state index contributed by atoms with van der Waals surface area (Å²) in [4.78, 5) is 23.2. The van der Waals surface area contributed by atoms with Gasteiger partial charge in [0, 0.05) is 63.3 Å². The Kier molecular flexibility index (Phi) is 5.47. The second kappa shape index (κ2) is 8.71. The highest BCUT2D eigenvalue weighted by Crippen LogP contribution is 2.22. The zero-order chi connectivity index (χ0) is 21.0. The highest BCUT2D eigenvalue weighted by molar-refractivity contribution is 5.93. The monoisotopic (exact) mass is 419 g/mol. The number of piperidine rings is 1. The summed E-state index contributed by atoms with van der Waals surface area (Å²) in [6.07, 6.45) is 7.11. The molecule has 2 saturated heterocycles. The molecule has 31 heavy (non-hydrogen) atoms. The minimum Gasteiger partial charge on any atom is -0.355 e. The van der Waals surface area contributed by atoms with Crippen molar-refractivity contribution < 1.29 is 9.32 Å². The third kappa shape index (κ3) is 4.21. The summed E-state index contributed by atoms with van der Waals surface area (Å²) in [5, 5.41) is 12.8. The van der Waals surface area contributed by atoms with Crippen molar-refractivity contribution in [2.24, 2.45) is 0 Å². The molecule has 2 aliphatic heterocycles. The Morgan fingerprint density at radius 2 is 1.58 bits per heavy atom. The topological polar surface area (TPSA) is 91.5 Å². The lowest BCUT2D eigenvalue weighted by molar-refractivity contribution is 0.0736. The first kappa shape index (κ1) is 19.5. The number of hydrogen-bond donors (Lipinski definition) is 0. The van der Waals surface area contributed by atoms with E-state index in [1.807, 2.05) is 18.2 Å². The summed E-state index contributed by atoms with van der Waals surface area (Å²) >= 11 is 0. The Morgan fingerprint density at radius 3 is 2.23 bits per heavy atom. The Labute approximate surface area is 180 Å². The molecule has 0 aliphatic carbocycles. The molecule has 160 valence electrons. The number of hydrogen-bond acceptors (Lipinski definition) is 8. The quantitative estimate of drug-likeness (QED) is 0.637. The number of nitrogens with zero attached hydrogens (tertiary/aromatic N) is 7. The summed E-state index contributed by atoms with van der Waals surface area (Å²) in [5.74, 6) is 2.23. The fourth-order valence-corrected chi connectivity index (χ4v) is 4.10. The van der Waals surface area contributed by atoms with E-state index in [1.165, 1.54) is 19.3 Å². The molecule has 9 heteroatoms. The Hall–Kier alpha value is -3.49. The van der Waals surface area contributed by atoms with E-state index in [0.29, 0.717) is 37.6 Å². The Morgan fingerprint density at radius 1 is 0.871 bits per heavy atom. The van der Waals surface area contributed by atoms with Gasteiger partial charge in [-0.15, -0.1) is 10.2 Å². The minimum atomic E-state index is -0.120. The maximum Gasteiger partial charge on any atom is 0.276 e. The molecular weight excluding hydrogens is 394 g/mol. The predicted octanol–water partition coefficient (Wildman–Crippen LogP) is 2.48. The van der Waals surface area contributed by atoms with E-state index < -0.39 is 0 Å². The second-order valence-corrected chi connectivity index (χ2v) is 7.89. The van der Waals surface area contributed by atoms with Crippen LogP contribution in [-0.2, 0) is 0 Å². The maximum absolute atomic E-state index is 12.8. The number of carbonyl (C=O) groups is 1. The van der Waals surface area contributed by atoms with Gasteiger partial charge in [0.15, 0.2) is 23.1 Å². The van der Waals surface area contributed by atoms with Gasteiger partial charge in [-0.3, -0.25) is 9.78 Å². The molecule has 0 aromatic carbocycles. The summed E-state index contributed by atoms with van der Waals surface area (Å²) in [6, 6.07) is 9.46. The third-order valence-corrected chi connectivity index (χ3v) is 5.88. The van der Waals surface area contributed by atoms with E-state index in [1.54, 1.807) is 23.4 Å². The molecule has 0 saturated carbocycles. The number of aromatic nitrogens is 4. The van der Waals surface area contributed by atoms with Crippen LogP contribution in [0.25, 0.3) is 11.3 Å². The molecule has 0 spiro atoms. The highest BCUT2D eigenvalue weighted by Gasteiger charge is 2.26. The van der Waals surface area contributed by atoms with Gasteiger partial charge < -0.3 is 19.2 Å². The molecule has 2 aliphatic rings. The maximum atomic E-state index is 12.8. The molecule has 0 bridgehead atoms. The van der Waals surface area contributed by atoms with Crippen LogP contribution in [0.5, 0.6) is 0 Å². The zero-order valence-corrected chi connectivity index (χ0v) is 17.4. The van der Waals surface area contributed by atoms with Crippen molar-refractivity contribution in [3.63, 3.8) is 0 Å². The largest absolute Gasteiger partial charge is 0.355 e. The molecule has 0 N–H and O–H groups in total. The number of piperazine rings is 1. The normalized spacial score (nSPS) is 17.1. The van der Waals surface area contributed by atoms with Gasteiger partial charge in [-0.1, -0.05) is 5.16 Å². The Bertz CT molecular complexity index is 1010. The average Bonchev–Trinajstić information content (AvgIpc) is 3.35. The minimum absolute atomic E-state index is 0.120. The van der Waals surface area contributed by atoms with Crippen molar-refractivity contribution >= 4 is 17.5 Å². The summed E-state index contributed by atoms with van der Waals surface area (Å²) in [6.45, 7) is 4.72. The fraction of sp³-hybridized carbons (Fsp3) is 0.409. The molecule has 9 nitrogen and oxygen atoms in total. The van der Waals surface area contributed by atoms with Crippen LogP contribution in [0.3, 0.4) is 0 Å². The smallest absolute Gasteiger partial charge is 0.276 e. The summed E-state index contributed by atoms with van der Waals surface area (Å²) in [7, 11) is 0. The number of anilines is 2. The number of carbonyl (C=O) groups excluding carboxylic acids is 1. The van der Waals surface area contributed by atoms with E-state index in [2.05, 4.69) is 36.2 Å². The lowest BCUT2D eigenvalue weighted by Crippen LogP contribution is -2.49. The van der Waals surface area contributed by atoms with Gasteiger partial charge in [0.1, 0.15) is 0 Å². The van der Waals surface area contributed by atoms with E-state index in [9.17, 15) is 4.79 Å². The van der Waals surface area contributed by atoms with E-state index in [0.717, 1.165) is 30.3 Å². The van der Waals surface area contributed by atoms with E-state index in [4.69, 9.17) is 4.52 Å². The number of amides is 1. The SMILES string of the molecule is O=C(c1cc(-c2cccnc2)on1)N1CCN(c2ccc(N3CCCCC3)nn2)CC1. The molecule has 0 atom stereocenters. The van der Waals surface area contributed by atoms with Crippen molar-refractivity contribution in [3.05, 3.63) is 48.4 Å². The van der Waals surface area contributed by atoms with Crippen LogP contribution in [0.15, 0.2) is 47.2 Å². The van der Waals surface area contributed by atoms with E-state index >= 15 is 0 Å². The lowest BCUT2D eigenvalue weighted by Gasteiger charge is -2.35.